The van der Waals surface area contributed by atoms with Gasteiger partial charge in [0.15, 0.2) is 0 Å². The highest BCUT2D eigenvalue weighted by atomic mass is 35.5. The third-order valence-corrected chi connectivity index (χ3v) is 6.56. The van der Waals surface area contributed by atoms with Gasteiger partial charge in [-0.05, 0) is 97.9 Å². The molecule has 1 aliphatic carbocycles. The van der Waals surface area contributed by atoms with Crippen molar-refractivity contribution >= 4 is 34.8 Å². The van der Waals surface area contributed by atoms with Crippen molar-refractivity contribution in [2.75, 3.05) is 26.0 Å². The second-order valence-electron chi connectivity index (χ2n) is 8.51. The number of hydrogen-bond donors (Lipinski definition) is 1. The third-order valence-electron chi connectivity index (χ3n) is 5.82. The van der Waals surface area contributed by atoms with E-state index in [9.17, 15) is 4.79 Å². The number of amides is 1. The van der Waals surface area contributed by atoms with Gasteiger partial charge in [-0.1, -0.05) is 47.5 Å². The van der Waals surface area contributed by atoms with Crippen LogP contribution in [0.4, 0.5) is 5.69 Å². The molecule has 0 aliphatic heterocycles. The summed E-state index contributed by atoms with van der Waals surface area (Å²) in [6, 6.07) is 19.3. The Hall–Kier alpha value is -2.33. The maximum absolute atomic E-state index is 12.7. The first-order valence-corrected chi connectivity index (χ1v) is 11.3. The minimum absolute atomic E-state index is 0.109. The fraction of sp³-hybridized carbons (Fsp3) is 0.269. The molecule has 1 atom stereocenters. The van der Waals surface area contributed by atoms with Crippen LogP contribution in [0.5, 0.6) is 0 Å². The topological polar surface area (TPSA) is 32.3 Å². The predicted octanol–water partition coefficient (Wildman–Crippen LogP) is 6.58. The van der Waals surface area contributed by atoms with Crippen LogP contribution in [0.15, 0.2) is 60.7 Å². The molecule has 31 heavy (non-hydrogen) atoms. The van der Waals surface area contributed by atoms with Crippen LogP contribution in [0.2, 0.25) is 10.0 Å². The molecule has 0 radical (unpaired) electrons. The predicted molar refractivity (Wildman–Crippen MR) is 130 cm³/mol. The zero-order valence-electron chi connectivity index (χ0n) is 17.8. The molecule has 0 fully saturated rings. The van der Waals surface area contributed by atoms with Gasteiger partial charge in [-0.25, -0.2) is 0 Å². The van der Waals surface area contributed by atoms with E-state index in [2.05, 4.69) is 36.4 Å². The summed E-state index contributed by atoms with van der Waals surface area (Å²) in [5.74, 6) is 0.596. The Balaban J connectivity index is 1.43. The molecule has 1 amide bonds. The van der Waals surface area contributed by atoms with Crippen LogP contribution in [0.3, 0.4) is 0 Å². The van der Waals surface area contributed by atoms with E-state index in [0.717, 1.165) is 36.2 Å². The lowest BCUT2D eigenvalue weighted by atomic mass is 9.83. The highest BCUT2D eigenvalue weighted by Crippen LogP contribution is 2.30. The zero-order chi connectivity index (χ0) is 22.0. The summed E-state index contributed by atoms with van der Waals surface area (Å²) in [6.45, 7) is 1.12. The first-order valence-electron chi connectivity index (χ1n) is 10.5. The number of anilines is 1. The van der Waals surface area contributed by atoms with Gasteiger partial charge < -0.3 is 10.2 Å². The van der Waals surface area contributed by atoms with Gasteiger partial charge in [0.1, 0.15) is 0 Å². The SMILES string of the molecule is CN(C)CC1CCc2cc(NC(=O)c3ccc(-c4ccc(Cl)c(Cl)c4)cc3)ccc2C1. The average molecular weight is 453 g/mol. The van der Waals surface area contributed by atoms with Crippen LogP contribution < -0.4 is 5.32 Å². The highest BCUT2D eigenvalue weighted by molar-refractivity contribution is 6.42. The van der Waals surface area contributed by atoms with Crippen LogP contribution in [0, 0.1) is 5.92 Å². The molecule has 5 heteroatoms. The molecular formula is C26H26Cl2N2O. The Morgan fingerprint density at radius 1 is 0.935 bits per heavy atom. The van der Waals surface area contributed by atoms with E-state index >= 15 is 0 Å². The van der Waals surface area contributed by atoms with Gasteiger partial charge in [0.05, 0.1) is 10.0 Å². The maximum Gasteiger partial charge on any atom is 0.255 e. The van der Waals surface area contributed by atoms with Gasteiger partial charge >= 0.3 is 0 Å². The molecule has 1 aliphatic rings. The summed E-state index contributed by atoms with van der Waals surface area (Å²) in [4.78, 5) is 15.0. The number of carbonyl (C=O) groups is 1. The molecular weight excluding hydrogens is 427 g/mol. The van der Waals surface area contributed by atoms with E-state index in [-0.39, 0.29) is 5.91 Å². The molecule has 0 saturated heterocycles. The molecule has 1 unspecified atom stereocenters. The van der Waals surface area contributed by atoms with Gasteiger partial charge in [0, 0.05) is 17.8 Å². The van der Waals surface area contributed by atoms with Crippen LogP contribution in [0.25, 0.3) is 11.1 Å². The lowest BCUT2D eigenvalue weighted by Crippen LogP contribution is -2.26. The van der Waals surface area contributed by atoms with E-state index < -0.39 is 0 Å². The molecule has 4 rings (SSSR count). The van der Waals surface area contributed by atoms with Crippen molar-refractivity contribution < 1.29 is 4.79 Å². The molecule has 1 N–H and O–H groups in total. The molecule has 0 heterocycles. The standard InChI is InChI=1S/C26H26Cl2N2O/c1-30(2)16-17-3-4-21-14-23(11-9-20(21)13-17)29-26(31)19-7-5-18(6-8-19)22-10-12-24(27)25(28)15-22/h5-12,14-15,17H,3-4,13,16H2,1-2H3,(H,29,31). The summed E-state index contributed by atoms with van der Waals surface area (Å²) >= 11 is 12.1. The van der Waals surface area contributed by atoms with Gasteiger partial charge in [-0.15, -0.1) is 0 Å². The van der Waals surface area contributed by atoms with Crippen molar-refractivity contribution in [1.82, 2.24) is 4.90 Å². The number of nitrogens with zero attached hydrogens (tertiary/aromatic N) is 1. The lowest BCUT2D eigenvalue weighted by molar-refractivity contribution is 0.102. The molecule has 0 spiro atoms. The Morgan fingerprint density at radius 3 is 2.39 bits per heavy atom. The lowest BCUT2D eigenvalue weighted by Gasteiger charge is -2.27. The smallest absolute Gasteiger partial charge is 0.255 e. The summed E-state index contributed by atoms with van der Waals surface area (Å²) in [6.07, 6.45) is 3.37. The Morgan fingerprint density at radius 2 is 1.68 bits per heavy atom. The van der Waals surface area contributed by atoms with E-state index in [4.69, 9.17) is 23.2 Å². The molecule has 3 nitrogen and oxygen atoms in total. The number of fused-ring (bicyclic) bond motifs is 1. The molecule has 160 valence electrons. The number of halogens is 2. The number of benzene rings is 3. The average Bonchev–Trinajstić information content (AvgIpc) is 2.75. The number of carbonyl (C=O) groups excluding carboxylic acids is 1. The number of rotatable bonds is 5. The number of hydrogen-bond acceptors (Lipinski definition) is 2. The first-order chi connectivity index (χ1) is 14.9. The van der Waals surface area contributed by atoms with E-state index in [1.54, 1.807) is 6.07 Å². The minimum Gasteiger partial charge on any atom is -0.322 e. The summed E-state index contributed by atoms with van der Waals surface area (Å²) < 4.78 is 0. The molecule has 3 aromatic carbocycles. The van der Waals surface area contributed by atoms with Gasteiger partial charge in [-0.3, -0.25) is 4.79 Å². The minimum atomic E-state index is -0.109. The second kappa shape index (κ2) is 9.44. The monoisotopic (exact) mass is 452 g/mol. The Labute approximate surface area is 194 Å². The molecule has 0 aromatic heterocycles. The van der Waals surface area contributed by atoms with Gasteiger partial charge in [-0.2, -0.15) is 0 Å². The van der Waals surface area contributed by atoms with Crippen molar-refractivity contribution in [2.24, 2.45) is 5.92 Å². The summed E-state index contributed by atoms with van der Waals surface area (Å²) in [5, 5.41) is 4.08. The van der Waals surface area contributed by atoms with Crippen LogP contribution in [-0.4, -0.2) is 31.4 Å². The van der Waals surface area contributed by atoms with Crippen molar-refractivity contribution in [3.8, 4) is 11.1 Å². The second-order valence-corrected chi connectivity index (χ2v) is 9.33. The van der Waals surface area contributed by atoms with Crippen molar-refractivity contribution in [2.45, 2.75) is 19.3 Å². The van der Waals surface area contributed by atoms with Crippen molar-refractivity contribution in [3.05, 3.63) is 87.4 Å². The van der Waals surface area contributed by atoms with Crippen LogP contribution in [0.1, 0.15) is 27.9 Å². The maximum atomic E-state index is 12.7. The fourth-order valence-electron chi connectivity index (χ4n) is 4.27. The highest BCUT2D eigenvalue weighted by Gasteiger charge is 2.19. The van der Waals surface area contributed by atoms with E-state index in [1.807, 2.05) is 42.5 Å². The Kier molecular flexibility index (Phi) is 6.66. The normalized spacial score (nSPS) is 15.6. The molecule has 0 saturated carbocycles. The van der Waals surface area contributed by atoms with Gasteiger partial charge in [0.25, 0.3) is 5.91 Å². The van der Waals surface area contributed by atoms with Gasteiger partial charge in [0.2, 0.25) is 0 Å². The number of aryl methyl sites for hydroxylation is 1. The van der Waals surface area contributed by atoms with Crippen LogP contribution >= 0.6 is 23.2 Å². The molecule has 3 aromatic rings. The third kappa shape index (κ3) is 5.30. The molecule has 0 bridgehead atoms. The first kappa shape index (κ1) is 21.9. The largest absolute Gasteiger partial charge is 0.322 e. The van der Waals surface area contributed by atoms with E-state index in [0.29, 0.717) is 21.5 Å². The summed E-state index contributed by atoms with van der Waals surface area (Å²) in [7, 11) is 4.26. The zero-order valence-corrected chi connectivity index (χ0v) is 19.3. The summed E-state index contributed by atoms with van der Waals surface area (Å²) in [5.41, 5.74) is 6.17. The number of nitrogens with one attached hydrogen (secondary N) is 1. The Bertz CT molecular complexity index is 1090. The van der Waals surface area contributed by atoms with Crippen molar-refractivity contribution in [1.29, 1.82) is 0 Å². The van der Waals surface area contributed by atoms with Crippen molar-refractivity contribution in [3.63, 3.8) is 0 Å². The quantitative estimate of drug-likeness (QED) is 0.473. The van der Waals surface area contributed by atoms with Crippen LogP contribution in [-0.2, 0) is 12.8 Å². The van der Waals surface area contributed by atoms with E-state index in [1.165, 1.54) is 17.5 Å². The fourth-order valence-corrected chi connectivity index (χ4v) is 4.57.